The Morgan fingerprint density at radius 1 is 1.16 bits per heavy atom. The van der Waals surface area contributed by atoms with Crippen LogP contribution in [0, 0.1) is 6.92 Å². The van der Waals surface area contributed by atoms with E-state index in [0.717, 1.165) is 22.3 Å². The molecular weight excluding hydrogens is 342 g/mol. The van der Waals surface area contributed by atoms with Crippen molar-refractivity contribution in [1.29, 1.82) is 0 Å². The second kappa shape index (κ2) is 6.63. The van der Waals surface area contributed by atoms with E-state index in [-0.39, 0.29) is 6.09 Å². The lowest BCUT2D eigenvalue weighted by Crippen LogP contribution is -2.50. The lowest BCUT2D eigenvalue weighted by Gasteiger charge is -2.36. The van der Waals surface area contributed by atoms with Crippen molar-refractivity contribution in [2.24, 2.45) is 0 Å². The van der Waals surface area contributed by atoms with Crippen LogP contribution in [-0.4, -0.2) is 58.0 Å². The van der Waals surface area contributed by atoms with E-state index in [1.54, 1.807) is 11.1 Å². The lowest BCUT2D eigenvalue weighted by atomic mass is 10.2. The predicted molar refractivity (Wildman–Crippen MR) is 97.1 cm³/mol. The molecule has 0 bridgehead atoms. The first-order valence-electron chi connectivity index (χ1n) is 8.26. The number of fused-ring (bicyclic) bond motifs is 1. The van der Waals surface area contributed by atoms with Crippen molar-refractivity contribution in [2.75, 3.05) is 31.1 Å². The van der Waals surface area contributed by atoms with E-state index in [1.165, 1.54) is 0 Å². The summed E-state index contributed by atoms with van der Waals surface area (Å²) in [6.07, 6.45) is 1.51. The zero-order valence-corrected chi connectivity index (χ0v) is 15.7. The Labute approximate surface area is 151 Å². The van der Waals surface area contributed by atoms with Crippen molar-refractivity contribution in [3.63, 3.8) is 0 Å². The normalized spacial score (nSPS) is 15.6. The van der Waals surface area contributed by atoms with E-state index < -0.39 is 5.60 Å². The third-order valence-electron chi connectivity index (χ3n) is 4.04. The molecule has 0 N–H and O–H groups in total. The zero-order chi connectivity index (χ0) is 18.2. The van der Waals surface area contributed by atoms with Gasteiger partial charge in [-0.15, -0.1) is 5.10 Å². The van der Waals surface area contributed by atoms with E-state index in [2.05, 4.69) is 20.1 Å². The lowest BCUT2D eigenvalue weighted by molar-refractivity contribution is 0.0240. The molecule has 0 radical (unpaired) electrons. The van der Waals surface area contributed by atoms with Gasteiger partial charge >= 0.3 is 6.09 Å². The summed E-state index contributed by atoms with van der Waals surface area (Å²) in [6, 6.07) is 1.93. The number of piperazine rings is 1. The summed E-state index contributed by atoms with van der Waals surface area (Å²) < 4.78 is 5.42. The number of pyridine rings is 1. The molecule has 25 heavy (non-hydrogen) atoms. The van der Waals surface area contributed by atoms with Crippen molar-refractivity contribution in [2.45, 2.75) is 33.3 Å². The largest absolute Gasteiger partial charge is 0.444 e. The van der Waals surface area contributed by atoms with Gasteiger partial charge in [0.2, 0.25) is 0 Å². The average molecular weight is 364 g/mol. The van der Waals surface area contributed by atoms with Crippen LogP contribution in [0.5, 0.6) is 0 Å². The van der Waals surface area contributed by atoms with Crippen molar-refractivity contribution in [3.05, 3.63) is 23.1 Å². The fraction of sp³-hybridized carbons (Fsp3) is 0.529. The fourth-order valence-corrected chi connectivity index (χ4v) is 2.94. The Kier molecular flexibility index (Phi) is 4.69. The molecule has 2 aromatic heterocycles. The topological polar surface area (TPSA) is 71.5 Å². The van der Waals surface area contributed by atoms with Crippen LogP contribution in [0.25, 0.3) is 10.8 Å². The maximum absolute atomic E-state index is 12.2. The summed E-state index contributed by atoms with van der Waals surface area (Å²) in [5.74, 6) is 0.825. The number of hydrogen-bond donors (Lipinski definition) is 0. The standard InChI is InChI=1S/C17H22ClN5O2/c1-11-13-10-19-14(9-12(13)15(18)21-20-11)22-5-7-23(8-6-22)16(24)25-17(2,3)4/h9-10H,5-8H2,1-4H3. The SMILES string of the molecule is Cc1nnc(Cl)c2cc(N3CCN(C(=O)OC(C)(C)C)CC3)ncc12. The Morgan fingerprint density at radius 2 is 1.84 bits per heavy atom. The van der Waals surface area contributed by atoms with Gasteiger partial charge in [0.25, 0.3) is 0 Å². The molecule has 134 valence electrons. The highest BCUT2D eigenvalue weighted by atomic mass is 35.5. The number of amides is 1. The van der Waals surface area contributed by atoms with Gasteiger partial charge in [-0.25, -0.2) is 9.78 Å². The molecule has 1 amide bonds. The number of carbonyl (C=O) groups excluding carboxylic acids is 1. The second-order valence-corrected chi connectivity index (χ2v) is 7.48. The molecule has 2 aromatic rings. The number of aromatic nitrogens is 3. The van der Waals surface area contributed by atoms with Crippen LogP contribution < -0.4 is 4.90 Å². The molecule has 0 spiro atoms. The van der Waals surface area contributed by atoms with Crippen molar-refractivity contribution < 1.29 is 9.53 Å². The molecule has 1 fully saturated rings. The van der Waals surface area contributed by atoms with Crippen LogP contribution in [0.4, 0.5) is 10.6 Å². The molecule has 0 aromatic carbocycles. The first kappa shape index (κ1) is 17.7. The Morgan fingerprint density at radius 3 is 2.48 bits per heavy atom. The Bertz CT molecular complexity index is 797. The molecule has 7 nitrogen and oxygen atoms in total. The quantitative estimate of drug-likeness (QED) is 0.775. The average Bonchev–Trinajstić information content (AvgIpc) is 2.57. The highest BCUT2D eigenvalue weighted by Gasteiger charge is 2.26. The van der Waals surface area contributed by atoms with Gasteiger partial charge in [0, 0.05) is 43.1 Å². The number of hydrogen-bond acceptors (Lipinski definition) is 6. The molecule has 0 atom stereocenters. The summed E-state index contributed by atoms with van der Waals surface area (Å²) >= 11 is 6.18. The molecular formula is C17H22ClN5O2. The summed E-state index contributed by atoms with van der Waals surface area (Å²) in [5, 5.41) is 10.1. The van der Waals surface area contributed by atoms with Crippen LogP contribution >= 0.6 is 11.6 Å². The smallest absolute Gasteiger partial charge is 0.410 e. The summed E-state index contributed by atoms with van der Waals surface area (Å²) in [4.78, 5) is 20.5. The van der Waals surface area contributed by atoms with Gasteiger partial charge in [-0.2, -0.15) is 5.10 Å². The van der Waals surface area contributed by atoms with E-state index in [0.29, 0.717) is 31.3 Å². The molecule has 1 saturated heterocycles. The highest BCUT2D eigenvalue weighted by molar-refractivity contribution is 6.34. The fourth-order valence-electron chi connectivity index (χ4n) is 2.75. The highest BCUT2D eigenvalue weighted by Crippen LogP contribution is 2.26. The maximum Gasteiger partial charge on any atom is 0.410 e. The van der Waals surface area contributed by atoms with Crippen LogP contribution in [-0.2, 0) is 4.74 Å². The molecule has 3 rings (SSSR count). The number of nitrogens with zero attached hydrogens (tertiary/aromatic N) is 5. The molecule has 8 heteroatoms. The number of anilines is 1. The molecule has 0 saturated carbocycles. The molecule has 0 aliphatic carbocycles. The van der Waals surface area contributed by atoms with Gasteiger partial charge in [0.1, 0.15) is 11.4 Å². The number of halogens is 1. The minimum atomic E-state index is -0.482. The minimum absolute atomic E-state index is 0.271. The summed E-state index contributed by atoms with van der Waals surface area (Å²) in [6.45, 7) is 10.1. The van der Waals surface area contributed by atoms with Gasteiger partial charge in [-0.05, 0) is 33.8 Å². The van der Waals surface area contributed by atoms with Crippen LogP contribution in [0.2, 0.25) is 5.15 Å². The number of aryl methyl sites for hydroxylation is 1. The van der Waals surface area contributed by atoms with Crippen molar-refractivity contribution >= 4 is 34.3 Å². The molecule has 0 unspecified atom stereocenters. The Balaban J connectivity index is 1.72. The van der Waals surface area contributed by atoms with Crippen LogP contribution in [0.15, 0.2) is 12.3 Å². The van der Waals surface area contributed by atoms with Gasteiger partial charge in [-0.1, -0.05) is 11.6 Å². The van der Waals surface area contributed by atoms with Crippen LogP contribution in [0.1, 0.15) is 26.5 Å². The third kappa shape index (κ3) is 3.92. The zero-order valence-electron chi connectivity index (χ0n) is 14.9. The number of ether oxygens (including phenoxy) is 1. The first-order chi connectivity index (χ1) is 11.7. The van der Waals surface area contributed by atoms with E-state index in [9.17, 15) is 4.79 Å². The number of carbonyl (C=O) groups is 1. The van der Waals surface area contributed by atoms with Gasteiger partial charge in [0.15, 0.2) is 5.15 Å². The molecule has 3 heterocycles. The Hall–Kier alpha value is -2.15. The van der Waals surface area contributed by atoms with Gasteiger partial charge in [0.05, 0.1) is 5.69 Å². The molecule has 1 aliphatic rings. The predicted octanol–water partition coefficient (Wildman–Crippen LogP) is 3.04. The minimum Gasteiger partial charge on any atom is -0.444 e. The molecule has 1 aliphatic heterocycles. The van der Waals surface area contributed by atoms with E-state index in [4.69, 9.17) is 16.3 Å². The maximum atomic E-state index is 12.2. The first-order valence-corrected chi connectivity index (χ1v) is 8.64. The van der Waals surface area contributed by atoms with Crippen molar-refractivity contribution in [1.82, 2.24) is 20.1 Å². The monoisotopic (exact) mass is 363 g/mol. The van der Waals surface area contributed by atoms with E-state index >= 15 is 0 Å². The summed E-state index contributed by atoms with van der Waals surface area (Å²) in [5.41, 5.74) is 0.317. The van der Waals surface area contributed by atoms with Gasteiger partial charge < -0.3 is 14.5 Å². The summed E-state index contributed by atoms with van der Waals surface area (Å²) in [7, 11) is 0. The van der Waals surface area contributed by atoms with Crippen molar-refractivity contribution in [3.8, 4) is 0 Å². The number of rotatable bonds is 1. The second-order valence-electron chi connectivity index (χ2n) is 7.12. The third-order valence-corrected chi connectivity index (χ3v) is 4.32. The van der Waals surface area contributed by atoms with Crippen LogP contribution in [0.3, 0.4) is 0 Å². The van der Waals surface area contributed by atoms with E-state index in [1.807, 2.05) is 33.8 Å². The van der Waals surface area contributed by atoms with Gasteiger partial charge in [-0.3, -0.25) is 0 Å².